The largest absolute Gasteiger partial charge is 0.478 e. The van der Waals surface area contributed by atoms with Crippen molar-refractivity contribution >= 4 is 17.8 Å². The average Bonchev–Trinajstić information content (AvgIpc) is 2.59. The highest BCUT2D eigenvalue weighted by atomic mass is 16.4. The van der Waals surface area contributed by atoms with Crippen LogP contribution in [-0.2, 0) is 16.0 Å². The number of benzene rings is 1. The third-order valence-electron chi connectivity index (χ3n) is 4.69. The normalized spacial score (nSPS) is 17.7. The molecule has 0 bridgehead atoms. The molecule has 1 unspecified atom stereocenters. The van der Waals surface area contributed by atoms with Crippen LogP contribution in [0.2, 0.25) is 0 Å². The van der Waals surface area contributed by atoms with Crippen molar-refractivity contribution in [3.8, 4) is 0 Å². The Morgan fingerprint density at radius 1 is 1.23 bits per heavy atom. The van der Waals surface area contributed by atoms with Gasteiger partial charge in [-0.2, -0.15) is 0 Å². The summed E-state index contributed by atoms with van der Waals surface area (Å²) in [6.45, 7) is 7.46. The average molecular weight is 360 g/mol. The maximum atomic E-state index is 12.6. The van der Waals surface area contributed by atoms with E-state index in [-0.39, 0.29) is 29.7 Å². The predicted molar refractivity (Wildman–Crippen MR) is 98.9 cm³/mol. The highest BCUT2D eigenvalue weighted by Gasteiger charge is 2.27. The fourth-order valence-electron chi connectivity index (χ4n) is 3.12. The lowest BCUT2D eigenvalue weighted by Gasteiger charge is -2.33. The van der Waals surface area contributed by atoms with E-state index in [2.05, 4.69) is 5.32 Å². The number of amides is 2. The second kappa shape index (κ2) is 8.34. The van der Waals surface area contributed by atoms with Crippen molar-refractivity contribution in [3.05, 3.63) is 35.4 Å². The zero-order valence-corrected chi connectivity index (χ0v) is 15.7. The van der Waals surface area contributed by atoms with Crippen molar-refractivity contribution in [2.45, 2.75) is 40.0 Å². The van der Waals surface area contributed by atoms with E-state index in [1.54, 1.807) is 23.1 Å². The van der Waals surface area contributed by atoms with Gasteiger partial charge < -0.3 is 15.3 Å². The van der Waals surface area contributed by atoms with Crippen LogP contribution in [0.3, 0.4) is 0 Å². The van der Waals surface area contributed by atoms with Gasteiger partial charge in [0.1, 0.15) is 0 Å². The molecule has 0 saturated carbocycles. The molecule has 1 aliphatic rings. The van der Waals surface area contributed by atoms with Crippen LogP contribution < -0.4 is 5.32 Å². The highest BCUT2D eigenvalue weighted by Crippen LogP contribution is 2.19. The number of carboxylic acid groups (broad SMARTS) is 1. The van der Waals surface area contributed by atoms with E-state index < -0.39 is 11.4 Å². The third kappa shape index (κ3) is 5.31. The lowest BCUT2D eigenvalue weighted by atomic mass is 9.93. The molecule has 1 aromatic carbocycles. The van der Waals surface area contributed by atoms with Gasteiger partial charge in [0.25, 0.3) is 0 Å². The Morgan fingerprint density at radius 3 is 2.58 bits per heavy atom. The summed E-state index contributed by atoms with van der Waals surface area (Å²) in [4.78, 5) is 37.7. The van der Waals surface area contributed by atoms with Crippen LogP contribution >= 0.6 is 0 Å². The molecule has 1 aliphatic heterocycles. The lowest BCUT2D eigenvalue weighted by Crippen LogP contribution is -2.45. The number of hydrogen-bond donors (Lipinski definition) is 2. The number of aromatic carboxylic acids is 1. The predicted octanol–water partition coefficient (Wildman–Crippen LogP) is 2.33. The second-order valence-electron chi connectivity index (χ2n) is 7.95. The van der Waals surface area contributed by atoms with E-state index in [1.807, 2.05) is 20.8 Å². The number of likely N-dealkylation sites (tertiary alicyclic amines) is 1. The van der Waals surface area contributed by atoms with Gasteiger partial charge in [-0.1, -0.05) is 39.0 Å². The van der Waals surface area contributed by atoms with Gasteiger partial charge in [-0.3, -0.25) is 9.59 Å². The van der Waals surface area contributed by atoms with Crippen molar-refractivity contribution in [2.24, 2.45) is 11.3 Å². The van der Waals surface area contributed by atoms with Gasteiger partial charge in [0, 0.05) is 25.0 Å². The molecular weight excluding hydrogens is 332 g/mol. The molecule has 1 fully saturated rings. The molecule has 2 N–H and O–H groups in total. The zero-order chi connectivity index (χ0) is 19.3. The second-order valence-corrected chi connectivity index (χ2v) is 7.95. The molecule has 1 aromatic rings. The summed E-state index contributed by atoms with van der Waals surface area (Å²) >= 11 is 0. The Hall–Kier alpha value is -2.37. The molecule has 2 rings (SSSR count). The van der Waals surface area contributed by atoms with Crippen LogP contribution in [0.15, 0.2) is 24.3 Å². The number of nitrogens with zero attached hydrogens (tertiary/aromatic N) is 1. The molecule has 6 nitrogen and oxygen atoms in total. The van der Waals surface area contributed by atoms with Crippen LogP contribution in [0.25, 0.3) is 0 Å². The van der Waals surface area contributed by atoms with Crippen LogP contribution in [0.5, 0.6) is 0 Å². The Kier molecular flexibility index (Phi) is 6.40. The van der Waals surface area contributed by atoms with Gasteiger partial charge in [0.15, 0.2) is 0 Å². The minimum atomic E-state index is -1.02. The summed E-state index contributed by atoms with van der Waals surface area (Å²) in [5.74, 6) is -0.842. The van der Waals surface area contributed by atoms with Crippen LogP contribution in [-0.4, -0.2) is 47.4 Å². The monoisotopic (exact) mass is 360 g/mol. The van der Waals surface area contributed by atoms with Gasteiger partial charge in [-0.25, -0.2) is 4.79 Å². The highest BCUT2D eigenvalue weighted by molar-refractivity contribution is 5.91. The standard InChI is InChI=1S/C20H28N2O4/c1-20(2,3)19(26)21-12-14-7-6-10-22(13-14)17(23)11-15-8-4-5-9-16(15)18(24)25/h4-5,8-9,14H,6-7,10-13H2,1-3H3,(H,21,26)(H,24,25). The number of piperidine rings is 1. The summed E-state index contributed by atoms with van der Waals surface area (Å²) in [5.41, 5.74) is 0.282. The quantitative estimate of drug-likeness (QED) is 0.844. The minimum Gasteiger partial charge on any atom is -0.478 e. The van der Waals surface area contributed by atoms with E-state index in [9.17, 15) is 19.5 Å². The Balaban J connectivity index is 1.94. The van der Waals surface area contributed by atoms with Gasteiger partial charge >= 0.3 is 5.97 Å². The van der Waals surface area contributed by atoms with Gasteiger partial charge in [0.05, 0.1) is 12.0 Å². The summed E-state index contributed by atoms with van der Waals surface area (Å²) in [5, 5.41) is 12.2. The molecular formula is C20H28N2O4. The molecule has 0 aromatic heterocycles. The van der Waals surface area contributed by atoms with E-state index in [0.717, 1.165) is 12.8 Å². The first-order chi connectivity index (χ1) is 12.2. The molecule has 2 amide bonds. The number of nitrogens with one attached hydrogen (secondary N) is 1. The van der Waals surface area contributed by atoms with E-state index in [1.165, 1.54) is 6.07 Å². The minimum absolute atomic E-state index is 0.0105. The van der Waals surface area contributed by atoms with Gasteiger partial charge in [0.2, 0.25) is 11.8 Å². The van der Waals surface area contributed by atoms with Crippen molar-refractivity contribution in [1.82, 2.24) is 10.2 Å². The smallest absolute Gasteiger partial charge is 0.335 e. The fraction of sp³-hybridized carbons (Fsp3) is 0.550. The number of hydrogen-bond acceptors (Lipinski definition) is 3. The Labute approximate surface area is 154 Å². The third-order valence-corrected chi connectivity index (χ3v) is 4.69. The first-order valence-electron chi connectivity index (χ1n) is 9.05. The van der Waals surface area contributed by atoms with E-state index >= 15 is 0 Å². The van der Waals surface area contributed by atoms with Gasteiger partial charge in [-0.15, -0.1) is 0 Å². The van der Waals surface area contributed by atoms with E-state index in [4.69, 9.17) is 0 Å². The molecule has 0 spiro atoms. The van der Waals surface area contributed by atoms with Crippen molar-refractivity contribution in [2.75, 3.05) is 19.6 Å². The molecule has 142 valence electrons. The van der Waals surface area contributed by atoms with Crippen molar-refractivity contribution < 1.29 is 19.5 Å². The first kappa shape index (κ1) is 19.9. The SMILES string of the molecule is CC(C)(C)C(=O)NCC1CCCN(C(=O)Cc2ccccc2C(=O)O)C1. The number of carbonyl (C=O) groups excluding carboxylic acids is 2. The molecule has 0 aliphatic carbocycles. The number of carboxylic acids is 1. The summed E-state index contributed by atoms with van der Waals surface area (Å²) < 4.78 is 0. The lowest BCUT2D eigenvalue weighted by molar-refractivity contribution is -0.132. The zero-order valence-electron chi connectivity index (χ0n) is 15.7. The summed E-state index contributed by atoms with van der Waals surface area (Å²) in [6.07, 6.45) is 1.95. The summed E-state index contributed by atoms with van der Waals surface area (Å²) in [7, 11) is 0. The van der Waals surface area contributed by atoms with Crippen LogP contribution in [0.1, 0.15) is 49.5 Å². The maximum Gasteiger partial charge on any atom is 0.335 e. The first-order valence-corrected chi connectivity index (χ1v) is 9.05. The topological polar surface area (TPSA) is 86.7 Å². The van der Waals surface area contributed by atoms with Crippen LogP contribution in [0, 0.1) is 11.3 Å². The molecule has 1 saturated heterocycles. The number of carbonyl (C=O) groups is 3. The fourth-order valence-corrected chi connectivity index (χ4v) is 3.12. The van der Waals surface area contributed by atoms with Gasteiger partial charge in [-0.05, 0) is 30.4 Å². The molecule has 1 heterocycles. The summed E-state index contributed by atoms with van der Waals surface area (Å²) in [6, 6.07) is 6.61. The molecule has 1 atom stereocenters. The Morgan fingerprint density at radius 2 is 1.92 bits per heavy atom. The Bertz CT molecular complexity index is 679. The number of rotatable bonds is 5. The molecule has 0 radical (unpaired) electrons. The maximum absolute atomic E-state index is 12.6. The van der Waals surface area contributed by atoms with Crippen LogP contribution in [0.4, 0.5) is 0 Å². The van der Waals surface area contributed by atoms with Crippen molar-refractivity contribution in [3.63, 3.8) is 0 Å². The molecule has 26 heavy (non-hydrogen) atoms. The molecule has 6 heteroatoms. The van der Waals surface area contributed by atoms with E-state index in [0.29, 0.717) is 25.2 Å². The van der Waals surface area contributed by atoms with Crippen molar-refractivity contribution in [1.29, 1.82) is 0 Å².